The topological polar surface area (TPSA) is 120 Å². The van der Waals surface area contributed by atoms with Crippen molar-refractivity contribution in [2.45, 2.75) is 37.8 Å². The van der Waals surface area contributed by atoms with Gasteiger partial charge in [0.2, 0.25) is 0 Å². The first kappa shape index (κ1) is 13.3. The van der Waals surface area contributed by atoms with E-state index in [0.29, 0.717) is 30.1 Å². The van der Waals surface area contributed by atoms with Crippen LogP contribution in [0, 0.1) is 6.92 Å². The second-order valence-corrected chi connectivity index (χ2v) is 5.65. The summed E-state index contributed by atoms with van der Waals surface area (Å²) in [5.41, 5.74) is 6.59. The van der Waals surface area contributed by atoms with Gasteiger partial charge in [0, 0.05) is 12.0 Å². The lowest BCUT2D eigenvalue weighted by molar-refractivity contribution is 0.163. The fraction of sp³-hybridized carbons (Fsp3) is 0.462. The van der Waals surface area contributed by atoms with Crippen molar-refractivity contribution in [2.24, 2.45) is 5.73 Å². The molecule has 3 N–H and O–H groups in total. The van der Waals surface area contributed by atoms with Crippen LogP contribution in [0.25, 0.3) is 11.5 Å². The van der Waals surface area contributed by atoms with E-state index in [1.54, 1.807) is 9.20 Å². The van der Waals surface area contributed by atoms with Crippen LogP contribution in [-0.4, -0.2) is 51.8 Å². The lowest BCUT2D eigenvalue weighted by atomic mass is 10.1. The molecule has 0 radical (unpaired) electrons. The summed E-state index contributed by atoms with van der Waals surface area (Å²) in [6.07, 6.45) is 2.32. The van der Waals surface area contributed by atoms with Crippen molar-refractivity contribution >= 4 is 5.65 Å². The Labute approximate surface area is 125 Å². The van der Waals surface area contributed by atoms with Gasteiger partial charge in [0.1, 0.15) is 18.0 Å². The van der Waals surface area contributed by atoms with E-state index in [9.17, 15) is 5.11 Å². The molecule has 1 saturated carbocycles. The highest BCUT2D eigenvalue weighted by atomic mass is 16.3. The Kier molecular flexibility index (Phi) is 2.91. The summed E-state index contributed by atoms with van der Waals surface area (Å²) in [6.45, 7) is 1.84. The molecule has 3 heterocycles. The van der Waals surface area contributed by atoms with Gasteiger partial charge >= 0.3 is 0 Å². The Hall–Kier alpha value is -2.39. The number of hydrogen-bond acceptors (Lipinski definition) is 7. The number of nitrogens with zero attached hydrogens (tertiary/aromatic N) is 7. The number of hydrogen-bond donors (Lipinski definition) is 2. The number of aliphatic hydroxyl groups excluding tert-OH is 1. The molecule has 3 atom stereocenters. The minimum atomic E-state index is -0.497. The predicted octanol–water partition coefficient (Wildman–Crippen LogP) is -0.421. The molecule has 4 rings (SSSR count). The molecule has 1 fully saturated rings. The average molecular weight is 300 g/mol. The van der Waals surface area contributed by atoms with Crippen LogP contribution in [0.2, 0.25) is 0 Å². The number of rotatable bonds is 2. The Morgan fingerprint density at radius 1 is 1.27 bits per heavy atom. The highest BCUT2D eigenvalue weighted by Crippen LogP contribution is 2.33. The average Bonchev–Trinajstić information content (AvgIpc) is 3.18. The summed E-state index contributed by atoms with van der Waals surface area (Å²) in [5.74, 6) is 2.16. The zero-order valence-corrected chi connectivity index (χ0v) is 12.0. The quantitative estimate of drug-likeness (QED) is 0.659. The van der Waals surface area contributed by atoms with Crippen molar-refractivity contribution in [1.82, 2.24) is 34.6 Å². The normalized spacial score (nSPS) is 25.1. The van der Waals surface area contributed by atoms with E-state index in [2.05, 4.69) is 25.4 Å². The van der Waals surface area contributed by atoms with Crippen LogP contribution >= 0.6 is 0 Å². The Balaban J connectivity index is 1.78. The number of aliphatic hydroxyl groups is 1. The van der Waals surface area contributed by atoms with Crippen LogP contribution < -0.4 is 5.73 Å². The van der Waals surface area contributed by atoms with Crippen molar-refractivity contribution in [3.05, 3.63) is 30.1 Å². The van der Waals surface area contributed by atoms with Crippen LogP contribution in [-0.2, 0) is 0 Å². The van der Waals surface area contributed by atoms with Crippen molar-refractivity contribution in [2.75, 3.05) is 0 Å². The van der Waals surface area contributed by atoms with Crippen molar-refractivity contribution in [3.63, 3.8) is 0 Å². The summed E-state index contributed by atoms with van der Waals surface area (Å²) in [5, 5.41) is 26.5. The van der Waals surface area contributed by atoms with E-state index in [-0.39, 0.29) is 12.0 Å². The fourth-order valence-corrected chi connectivity index (χ4v) is 2.95. The molecule has 0 bridgehead atoms. The highest BCUT2D eigenvalue weighted by Gasteiger charge is 2.34. The van der Waals surface area contributed by atoms with Crippen LogP contribution in [0.3, 0.4) is 0 Å². The number of aromatic nitrogens is 7. The molecule has 114 valence electrons. The predicted molar refractivity (Wildman–Crippen MR) is 76.4 cm³/mol. The van der Waals surface area contributed by atoms with Gasteiger partial charge in [0.15, 0.2) is 11.5 Å². The SMILES string of the molecule is Cc1nc([C@H]2C[C@@H](N)[C@H](O)C2)n(-c2ccc3nncn3n2)n1. The van der Waals surface area contributed by atoms with Gasteiger partial charge in [-0.25, -0.2) is 4.98 Å². The third-order valence-corrected chi connectivity index (χ3v) is 4.04. The van der Waals surface area contributed by atoms with Gasteiger partial charge in [-0.3, -0.25) is 0 Å². The van der Waals surface area contributed by atoms with Gasteiger partial charge in [-0.15, -0.1) is 20.4 Å². The summed E-state index contributed by atoms with van der Waals surface area (Å²) in [6, 6.07) is 3.43. The van der Waals surface area contributed by atoms with E-state index in [1.165, 1.54) is 6.33 Å². The zero-order chi connectivity index (χ0) is 15.3. The van der Waals surface area contributed by atoms with Gasteiger partial charge in [-0.1, -0.05) is 0 Å². The minimum absolute atomic E-state index is 0.0737. The molecule has 1 aliphatic rings. The summed E-state index contributed by atoms with van der Waals surface area (Å²) < 4.78 is 3.30. The molecule has 0 spiro atoms. The Morgan fingerprint density at radius 2 is 2.14 bits per heavy atom. The van der Waals surface area contributed by atoms with Gasteiger partial charge in [0.25, 0.3) is 0 Å². The summed E-state index contributed by atoms with van der Waals surface area (Å²) >= 11 is 0. The first-order valence-corrected chi connectivity index (χ1v) is 7.16. The first-order valence-electron chi connectivity index (χ1n) is 7.16. The summed E-state index contributed by atoms with van der Waals surface area (Å²) in [7, 11) is 0. The van der Waals surface area contributed by atoms with E-state index >= 15 is 0 Å². The van der Waals surface area contributed by atoms with Gasteiger partial charge in [0.05, 0.1) is 6.10 Å². The Morgan fingerprint density at radius 3 is 2.91 bits per heavy atom. The van der Waals surface area contributed by atoms with E-state index in [0.717, 1.165) is 5.82 Å². The molecule has 9 nitrogen and oxygen atoms in total. The van der Waals surface area contributed by atoms with Crippen LogP contribution in [0.15, 0.2) is 18.5 Å². The molecule has 1 aliphatic carbocycles. The monoisotopic (exact) mass is 300 g/mol. The third kappa shape index (κ3) is 2.06. The molecule has 9 heteroatoms. The highest BCUT2D eigenvalue weighted by molar-refractivity contribution is 5.38. The second-order valence-electron chi connectivity index (χ2n) is 5.65. The van der Waals surface area contributed by atoms with Crippen LogP contribution in [0.5, 0.6) is 0 Å². The van der Waals surface area contributed by atoms with E-state index < -0.39 is 6.10 Å². The molecular formula is C13H16N8O. The smallest absolute Gasteiger partial charge is 0.177 e. The fourth-order valence-electron chi connectivity index (χ4n) is 2.95. The lowest BCUT2D eigenvalue weighted by Gasteiger charge is -2.10. The second kappa shape index (κ2) is 4.82. The molecular weight excluding hydrogens is 284 g/mol. The molecule has 22 heavy (non-hydrogen) atoms. The first-order chi connectivity index (χ1) is 10.6. The molecule has 0 amide bonds. The largest absolute Gasteiger partial charge is 0.391 e. The van der Waals surface area contributed by atoms with Crippen molar-refractivity contribution in [1.29, 1.82) is 0 Å². The molecule has 3 aromatic heterocycles. The molecule has 3 aromatic rings. The molecule has 0 aliphatic heterocycles. The summed E-state index contributed by atoms with van der Waals surface area (Å²) in [4.78, 5) is 4.51. The third-order valence-electron chi connectivity index (χ3n) is 4.04. The molecule has 0 saturated heterocycles. The maximum atomic E-state index is 9.89. The van der Waals surface area contributed by atoms with Gasteiger partial charge < -0.3 is 10.8 Å². The van der Waals surface area contributed by atoms with Crippen molar-refractivity contribution in [3.8, 4) is 5.82 Å². The van der Waals surface area contributed by atoms with E-state index in [1.807, 2.05) is 19.1 Å². The maximum absolute atomic E-state index is 9.89. The van der Waals surface area contributed by atoms with Crippen molar-refractivity contribution < 1.29 is 5.11 Å². The molecule has 0 unspecified atom stereocenters. The minimum Gasteiger partial charge on any atom is -0.391 e. The number of aryl methyl sites for hydroxylation is 1. The van der Waals surface area contributed by atoms with E-state index in [4.69, 9.17) is 5.73 Å². The van der Waals surface area contributed by atoms with Gasteiger partial charge in [-0.05, 0) is 31.9 Å². The number of fused-ring (bicyclic) bond motifs is 1. The maximum Gasteiger partial charge on any atom is 0.177 e. The molecule has 0 aromatic carbocycles. The van der Waals surface area contributed by atoms with Crippen LogP contribution in [0.4, 0.5) is 0 Å². The zero-order valence-electron chi connectivity index (χ0n) is 12.0. The lowest BCUT2D eigenvalue weighted by Crippen LogP contribution is -2.28. The Bertz CT molecular complexity index is 814. The standard InChI is InChI=1S/C13H16N8O/c1-7-16-13(8-4-9(14)10(22)5-8)21(18-7)12-3-2-11-17-15-6-20(11)19-12/h2-3,6,8-10,22H,4-5,14H2,1H3/t8-,9+,10+/m0/s1. The van der Waals surface area contributed by atoms with Gasteiger partial charge in [-0.2, -0.15) is 9.20 Å². The number of nitrogens with two attached hydrogens (primary N) is 1. The van der Waals surface area contributed by atoms with Crippen LogP contribution in [0.1, 0.15) is 30.4 Å².